The quantitative estimate of drug-likeness (QED) is 0.477. The molecule has 2 aromatic rings. The molecule has 3 N–H and O–H groups in total. The van der Waals surface area contributed by atoms with Crippen molar-refractivity contribution in [1.29, 1.82) is 5.26 Å². The third-order valence-electron chi connectivity index (χ3n) is 8.27. The number of nitrogens with one attached hydrogen (secondary N) is 1. The Balaban J connectivity index is 1.64. The molecule has 8 nitrogen and oxygen atoms in total. The first-order valence-corrected chi connectivity index (χ1v) is 13.9. The number of carbonyl (C=O) groups excluding carboxylic acids is 2. The molecule has 0 spiro atoms. The van der Waals surface area contributed by atoms with E-state index in [2.05, 4.69) is 16.4 Å². The van der Waals surface area contributed by atoms with Gasteiger partial charge in [0.1, 0.15) is 18.0 Å². The van der Waals surface area contributed by atoms with Crippen LogP contribution in [0.15, 0.2) is 18.2 Å². The summed E-state index contributed by atoms with van der Waals surface area (Å²) in [7, 11) is 0. The minimum absolute atomic E-state index is 0.169. The second-order valence-corrected chi connectivity index (χ2v) is 12.6. The SMILES string of the molecule is Cc1nc2cc([C@@H]3C[C@@H]4O[C@]4(C#N)CCC[C@H](C)[C@H](O)[C@@H](C)C(=O)C(C)(C)[C@@H](O)CC(=O)N3)ccc2s1. The topological polar surface area (TPSA) is 136 Å². The Bertz CT molecular complexity index is 1220. The number of epoxide rings is 1. The number of amides is 1. The molecule has 4 rings (SSSR count). The van der Waals surface area contributed by atoms with E-state index in [1.54, 1.807) is 32.1 Å². The number of carbonyl (C=O) groups is 2. The van der Waals surface area contributed by atoms with Gasteiger partial charge in [-0.15, -0.1) is 11.3 Å². The highest BCUT2D eigenvalue weighted by Crippen LogP contribution is 2.46. The first-order chi connectivity index (χ1) is 17.4. The summed E-state index contributed by atoms with van der Waals surface area (Å²) >= 11 is 1.60. The van der Waals surface area contributed by atoms with E-state index in [4.69, 9.17) is 4.74 Å². The molecular formula is C28H37N3O5S. The number of ketones is 1. The predicted octanol–water partition coefficient (Wildman–Crippen LogP) is 3.98. The Kier molecular flexibility index (Phi) is 7.78. The predicted molar refractivity (Wildman–Crippen MR) is 141 cm³/mol. The number of benzene rings is 1. The van der Waals surface area contributed by atoms with Gasteiger partial charge in [0.25, 0.3) is 0 Å². The maximum Gasteiger partial charge on any atom is 0.223 e. The number of aromatic nitrogens is 1. The van der Waals surface area contributed by atoms with Crippen molar-refractivity contribution in [2.24, 2.45) is 17.3 Å². The fourth-order valence-corrected chi connectivity index (χ4v) is 6.35. The van der Waals surface area contributed by atoms with E-state index in [9.17, 15) is 25.1 Å². The van der Waals surface area contributed by atoms with Crippen LogP contribution in [0.2, 0.25) is 0 Å². The molecule has 1 aromatic carbocycles. The van der Waals surface area contributed by atoms with E-state index in [-0.39, 0.29) is 24.2 Å². The molecule has 3 heterocycles. The minimum Gasteiger partial charge on any atom is -0.392 e. The Morgan fingerprint density at radius 2 is 1.97 bits per heavy atom. The number of Topliss-reactive ketones (excluding diaryl/α,β-unsaturated/α-hetero) is 1. The van der Waals surface area contributed by atoms with E-state index in [1.807, 2.05) is 32.0 Å². The van der Waals surface area contributed by atoms with E-state index in [1.165, 1.54) is 0 Å². The summed E-state index contributed by atoms with van der Waals surface area (Å²) in [5.74, 6) is -1.55. The molecule has 1 amide bonds. The van der Waals surface area contributed by atoms with E-state index in [0.717, 1.165) is 20.8 Å². The van der Waals surface area contributed by atoms with Gasteiger partial charge in [-0.1, -0.05) is 33.8 Å². The van der Waals surface area contributed by atoms with Crippen LogP contribution in [0.25, 0.3) is 10.2 Å². The summed E-state index contributed by atoms with van der Waals surface area (Å²) in [5.41, 5.74) is -0.436. The number of fused-ring (bicyclic) bond motifs is 2. The van der Waals surface area contributed by atoms with Gasteiger partial charge >= 0.3 is 0 Å². The van der Waals surface area contributed by atoms with Gasteiger partial charge in [0.05, 0.1) is 45.3 Å². The molecule has 9 heteroatoms. The van der Waals surface area contributed by atoms with Gasteiger partial charge in [-0.3, -0.25) is 9.59 Å². The number of rotatable bonds is 1. The highest BCUT2D eigenvalue weighted by Gasteiger charge is 2.57. The summed E-state index contributed by atoms with van der Waals surface area (Å²) in [6.07, 6.45) is -0.492. The lowest BCUT2D eigenvalue weighted by Crippen LogP contribution is -2.46. The average Bonchev–Trinajstić information content (AvgIpc) is 3.40. The smallest absolute Gasteiger partial charge is 0.223 e. The summed E-state index contributed by atoms with van der Waals surface area (Å²) in [4.78, 5) is 31.0. The lowest BCUT2D eigenvalue weighted by molar-refractivity contribution is -0.143. The lowest BCUT2D eigenvalue weighted by Gasteiger charge is -2.34. The van der Waals surface area contributed by atoms with E-state index < -0.39 is 41.1 Å². The maximum atomic E-state index is 13.3. The largest absolute Gasteiger partial charge is 0.392 e. The third kappa shape index (κ3) is 5.58. The van der Waals surface area contributed by atoms with Crippen LogP contribution in [-0.2, 0) is 14.3 Å². The molecule has 0 unspecified atom stereocenters. The minimum atomic E-state index is -1.22. The standard InChI is InChI=1S/C28H37N3O5S/c1-15-7-6-10-28(14-29)23(36-28)12-19(18-8-9-21-20(11-18)30-17(3)37-21)31-24(33)13-22(32)27(4,5)26(35)16(2)25(15)34/h8-9,11,15-16,19,22-23,25,32,34H,6-7,10,12-13H2,1-5H3,(H,31,33)/t15-,16+,19-,22-,23-,25-,28-/m0/s1. The van der Waals surface area contributed by atoms with Crippen molar-refractivity contribution in [3.05, 3.63) is 28.8 Å². The Morgan fingerprint density at radius 3 is 2.68 bits per heavy atom. The Morgan fingerprint density at radius 1 is 1.24 bits per heavy atom. The monoisotopic (exact) mass is 527 g/mol. The molecular weight excluding hydrogens is 490 g/mol. The van der Waals surface area contributed by atoms with Gasteiger partial charge in [0.2, 0.25) is 5.91 Å². The Labute approximate surface area is 222 Å². The van der Waals surface area contributed by atoms with E-state index >= 15 is 0 Å². The summed E-state index contributed by atoms with van der Waals surface area (Å²) in [6, 6.07) is 7.77. The molecule has 2 saturated heterocycles. The number of hydrogen-bond acceptors (Lipinski definition) is 8. The molecule has 37 heavy (non-hydrogen) atoms. The second-order valence-electron chi connectivity index (χ2n) is 11.4. The van der Waals surface area contributed by atoms with Crippen molar-refractivity contribution in [1.82, 2.24) is 10.3 Å². The number of aliphatic hydroxyl groups is 2. The zero-order chi connectivity index (χ0) is 27.1. The first kappa shape index (κ1) is 27.6. The van der Waals surface area contributed by atoms with Gasteiger partial charge < -0.3 is 20.3 Å². The normalized spacial score (nSPS) is 35.4. The van der Waals surface area contributed by atoms with Gasteiger partial charge in [-0.05, 0) is 49.8 Å². The van der Waals surface area contributed by atoms with Crippen LogP contribution in [0, 0.1) is 35.5 Å². The van der Waals surface area contributed by atoms with Gasteiger partial charge in [0.15, 0.2) is 5.60 Å². The van der Waals surface area contributed by atoms with Crippen molar-refractivity contribution >= 4 is 33.2 Å². The zero-order valence-corrected chi connectivity index (χ0v) is 23.0. The molecule has 2 aliphatic heterocycles. The number of nitrogens with zero attached hydrogens (tertiary/aromatic N) is 2. The number of aliphatic hydroxyl groups excluding tert-OH is 2. The molecule has 2 fully saturated rings. The van der Waals surface area contributed by atoms with Gasteiger partial charge in [-0.2, -0.15) is 5.26 Å². The first-order valence-electron chi connectivity index (χ1n) is 13.0. The van der Waals surface area contributed by atoms with Crippen LogP contribution < -0.4 is 5.32 Å². The molecule has 0 aliphatic carbocycles. The van der Waals surface area contributed by atoms with Crippen LogP contribution in [0.5, 0.6) is 0 Å². The fraction of sp³-hybridized carbons (Fsp3) is 0.643. The number of aryl methyl sites for hydroxylation is 1. The van der Waals surface area contributed by atoms with Crippen molar-refractivity contribution in [2.75, 3.05) is 0 Å². The summed E-state index contributed by atoms with van der Waals surface area (Å²) in [6.45, 7) is 8.76. The molecule has 2 aliphatic rings. The van der Waals surface area contributed by atoms with Crippen molar-refractivity contribution < 1.29 is 24.5 Å². The van der Waals surface area contributed by atoms with Crippen molar-refractivity contribution in [3.8, 4) is 6.07 Å². The number of thiazole rings is 1. The highest BCUT2D eigenvalue weighted by atomic mass is 32.1. The zero-order valence-electron chi connectivity index (χ0n) is 22.2. The molecule has 0 saturated carbocycles. The second kappa shape index (κ2) is 10.4. The van der Waals surface area contributed by atoms with Gasteiger partial charge in [0, 0.05) is 12.3 Å². The average molecular weight is 528 g/mol. The number of ether oxygens (including phenoxy) is 1. The third-order valence-corrected chi connectivity index (χ3v) is 9.23. The molecule has 0 bridgehead atoms. The van der Waals surface area contributed by atoms with Crippen LogP contribution in [0.3, 0.4) is 0 Å². The maximum absolute atomic E-state index is 13.3. The van der Waals surface area contributed by atoms with Gasteiger partial charge in [-0.25, -0.2) is 4.98 Å². The van der Waals surface area contributed by atoms with Crippen LogP contribution in [-0.4, -0.2) is 50.8 Å². The van der Waals surface area contributed by atoms with E-state index in [0.29, 0.717) is 25.7 Å². The molecule has 0 radical (unpaired) electrons. The molecule has 200 valence electrons. The molecule has 7 atom stereocenters. The van der Waals surface area contributed by atoms with Crippen LogP contribution in [0.4, 0.5) is 0 Å². The molecule has 1 aromatic heterocycles. The fourth-order valence-electron chi connectivity index (χ4n) is 5.54. The van der Waals surface area contributed by atoms with Crippen molar-refractivity contribution in [2.45, 2.75) is 96.7 Å². The number of hydrogen-bond donors (Lipinski definition) is 3. The lowest BCUT2D eigenvalue weighted by atomic mass is 9.72. The van der Waals surface area contributed by atoms with Crippen molar-refractivity contribution in [3.63, 3.8) is 0 Å². The summed E-state index contributed by atoms with van der Waals surface area (Å²) < 4.78 is 6.97. The number of nitriles is 1. The summed E-state index contributed by atoms with van der Waals surface area (Å²) in [5, 5.41) is 35.7. The highest BCUT2D eigenvalue weighted by molar-refractivity contribution is 7.18. The Hall–Kier alpha value is -2.38. The van der Waals surface area contributed by atoms with Crippen LogP contribution >= 0.6 is 11.3 Å². The van der Waals surface area contributed by atoms with Crippen LogP contribution in [0.1, 0.15) is 76.4 Å².